The number of aryl methyl sites for hydroxylation is 1. The van der Waals surface area contributed by atoms with Crippen molar-refractivity contribution in [3.05, 3.63) is 16.9 Å². The molecule has 1 aliphatic heterocycles. The van der Waals surface area contributed by atoms with Crippen LogP contribution in [0.4, 0.5) is 5.95 Å². The summed E-state index contributed by atoms with van der Waals surface area (Å²) in [4.78, 5) is 10.7. The molecule has 4 nitrogen and oxygen atoms in total. The topological polar surface area (TPSA) is 55.0 Å². The highest BCUT2D eigenvalue weighted by molar-refractivity contribution is 6.29. The molecular weight excluding hydrogens is 212 g/mol. The molecule has 0 radical (unpaired) electrons. The zero-order valence-corrected chi connectivity index (χ0v) is 9.54. The molecule has 1 fully saturated rings. The molecule has 1 saturated heterocycles. The largest absolute Gasteiger partial charge is 0.340 e. The number of aromatic nitrogens is 2. The molecule has 15 heavy (non-hydrogen) atoms. The summed E-state index contributed by atoms with van der Waals surface area (Å²) >= 11 is 5.90. The van der Waals surface area contributed by atoms with Gasteiger partial charge in [0, 0.05) is 18.8 Å². The van der Waals surface area contributed by atoms with Gasteiger partial charge in [-0.1, -0.05) is 11.6 Å². The summed E-state index contributed by atoms with van der Waals surface area (Å²) in [5, 5.41) is 0.508. The van der Waals surface area contributed by atoms with Crippen molar-refractivity contribution >= 4 is 17.5 Å². The Morgan fingerprint density at radius 3 is 3.00 bits per heavy atom. The Bertz CT molecular complexity index is 335. The van der Waals surface area contributed by atoms with Crippen LogP contribution >= 0.6 is 11.6 Å². The quantitative estimate of drug-likeness (QED) is 0.771. The highest BCUT2D eigenvalue weighted by atomic mass is 35.5. The summed E-state index contributed by atoms with van der Waals surface area (Å²) in [5.41, 5.74) is 6.54. The molecule has 2 rings (SSSR count). The third-order valence-electron chi connectivity index (χ3n) is 2.71. The monoisotopic (exact) mass is 226 g/mol. The minimum Gasteiger partial charge on any atom is -0.340 e. The number of nitrogens with zero attached hydrogens (tertiary/aromatic N) is 3. The summed E-state index contributed by atoms with van der Waals surface area (Å²) in [6.45, 7) is 4.57. The maximum absolute atomic E-state index is 5.90. The van der Waals surface area contributed by atoms with Crippen LogP contribution in [0.25, 0.3) is 0 Å². The second-order valence-corrected chi connectivity index (χ2v) is 4.36. The molecule has 1 atom stereocenters. The first-order chi connectivity index (χ1) is 7.19. The predicted octanol–water partition coefficient (Wildman–Crippen LogP) is 1.22. The van der Waals surface area contributed by atoms with E-state index in [1.54, 1.807) is 6.07 Å². The van der Waals surface area contributed by atoms with Crippen LogP contribution in [0.15, 0.2) is 6.07 Å². The third kappa shape index (κ3) is 2.38. The van der Waals surface area contributed by atoms with E-state index in [9.17, 15) is 0 Å². The van der Waals surface area contributed by atoms with Crippen LogP contribution in [0, 0.1) is 12.8 Å². The Hall–Kier alpha value is -0.870. The summed E-state index contributed by atoms with van der Waals surface area (Å²) in [7, 11) is 0. The molecule has 1 aromatic rings. The van der Waals surface area contributed by atoms with E-state index >= 15 is 0 Å². The van der Waals surface area contributed by atoms with Crippen LogP contribution in [-0.4, -0.2) is 29.6 Å². The lowest BCUT2D eigenvalue weighted by Crippen LogP contribution is -2.24. The van der Waals surface area contributed by atoms with E-state index < -0.39 is 0 Å². The predicted molar refractivity (Wildman–Crippen MR) is 61.2 cm³/mol. The maximum Gasteiger partial charge on any atom is 0.226 e. The Morgan fingerprint density at radius 1 is 1.60 bits per heavy atom. The van der Waals surface area contributed by atoms with Crippen LogP contribution in [0.5, 0.6) is 0 Å². The Labute approximate surface area is 94.5 Å². The van der Waals surface area contributed by atoms with Gasteiger partial charge < -0.3 is 10.6 Å². The molecule has 2 N–H and O–H groups in total. The average Bonchev–Trinajstić information content (AvgIpc) is 2.64. The minimum absolute atomic E-state index is 0.508. The maximum atomic E-state index is 5.90. The van der Waals surface area contributed by atoms with Gasteiger partial charge in [-0.05, 0) is 31.9 Å². The van der Waals surface area contributed by atoms with Crippen molar-refractivity contribution in [3.8, 4) is 0 Å². The van der Waals surface area contributed by atoms with Crippen LogP contribution in [0.2, 0.25) is 5.15 Å². The van der Waals surface area contributed by atoms with Crippen molar-refractivity contribution in [2.45, 2.75) is 13.3 Å². The smallest absolute Gasteiger partial charge is 0.226 e. The fraction of sp³-hybridized carbons (Fsp3) is 0.600. The van der Waals surface area contributed by atoms with Crippen LogP contribution < -0.4 is 10.6 Å². The number of hydrogen-bond acceptors (Lipinski definition) is 4. The fourth-order valence-electron chi connectivity index (χ4n) is 1.86. The van der Waals surface area contributed by atoms with Crippen molar-refractivity contribution in [2.24, 2.45) is 11.7 Å². The van der Waals surface area contributed by atoms with E-state index in [2.05, 4.69) is 14.9 Å². The summed E-state index contributed by atoms with van der Waals surface area (Å²) in [6.07, 6.45) is 1.12. The van der Waals surface area contributed by atoms with Gasteiger partial charge >= 0.3 is 0 Å². The van der Waals surface area contributed by atoms with Crippen molar-refractivity contribution < 1.29 is 0 Å². The second-order valence-electron chi connectivity index (χ2n) is 3.97. The van der Waals surface area contributed by atoms with Crippen molar-refractivity contribution in [1.29, 1.82) is 0 Å². The molecule has 1 aromatic heterocycles. The second kappa shape index (κ2) is 4.33. The van der Waals surface area contributed by atoms with Gasteiger partial charge in [0.05, 0.1) is 0 Å². The van der Waals surface area contributed by atoms with Gasteiger partial charge in [0.15, 0.2) is 0 Å². The van der Waals surface area contributed by atoms with E-state index in [1.807, 2.05) is 6.92 Å². The molecule has 0 saturated carbocycles. The number of anilines is 1. The minimum atomic E-state index is 0.508. The normalized spacial score (nSPS) is 21.0. The molecule has 82 valence electrons. The van der Waals surface area contributed by atoms with Gasteiger partial charge in [0.2, 0.25) is 5.95 Å². The first-order valence-corrected chi connectivity index (χ1v) is 5.53. The summed E-state index contributed by atoms with van der Waals surface area (Å²) in [5.74, 6) is 1.30. The van der Waals surface area contributed by atoms with E-state index in [0.29, 0.717) is 11.1 Å². The summed E-state index contributed by atoms with van der Waals surface area (Å²) in [6, 6.07) is 1.77. The number of rotatable bonds is 2. The van der Waals surface area contributed by atoms with Gasteiger partial charge in [-0.2, -0.15) is 0 Å². The molecule has 2 heterocycles. The lowest BCUT2D eigenvalue weighted by molar-refractivity contribution is 0.601. The van der Waals surface area contributed by atoms with Gasteiger partial charge in [-0.15, -0.1) is 0 Å². The lowest BCUT2D eigenvalue weighted by Gasteiger charge is -2.16. The zero-order chi connectivity index (χ0) is 10.8. The highest BCUT2D eigenvalue weighted by Crippen LogP contribution is 2.21. The first-order valence-electron chi connectivity index (χ1n) is 5.15. The lowest BCUT2D eigenvalue weighted by atomic mass is 10.1. The molecule has 0 bridgehead atoms. The van der Waals surface area contributed by atoms with Crippen molar-refractivity contribution in [2.75, 3.05) is 24.5 Å². The summed E-state index contributed by atoms with van der Waals surface area (Å²) < 4.78 is 0. The number of hydrogen-bond donors (Lipinski definition) is 1. The van der Waals surface area contributed by atoms with Gasteiger partial charge in [0.1, 0.15) is 5.15 Å². The van der Waals surface area contributed by atoms with E-state index in [1.165, 1.54) is 0 Å². The Balaban J connectivity index is 2.16. The van der Waals surface area contributed by atoms with Crippen LogP contribution in [0.1, 0.15) is 12.1 Å². The van der Waals surface area contributed by atoms with E-state index in [-0.39, 0.29) is 0 Å². The van der Waals surface area contributed by atoms with Crippen molar-refractivity contribution in [3.63, 3.8) is 0 Å². The highest BCUT2D eigenvalue weighted by Gasteiger charge is 2.23. The molecule has 0 amide bonds. The third-order valence-corrected chi connectivity index (χ3v) is 2.91. The standard InChI is InChI=1S/C10H15ClN4/c1-7-4-9(11)14-10(13-7)15-3-2-8(5-12)6-15/h4,8H,2-3,5-6,12H2,1H3. The van der Waals surface area contributed by atoms with Gasteiger partial charge in [0.25, 0.3) is 0 Å². The number of nitrogens with two attached hydrogens (primary N) is 1. The molecule has 1 aliphatic rings. The van der Waals surface area contributed by atoms with Crippen LogP contribution in [-0.2, 0) is 0 Å². The average molecular weight is 227 g/mol. The number of halogens is 1. The Morgan fingerprint density at radius 2 is 2.40 bits per heavy atom. The molecule has 1 unspecified atom stereocenters. The fourth-order valence-corrected chi connectivity index (χ4v) is 2.10. The SMILES string of the molecule is Cc1cc(Cl)nc(N2CCC(CN)C2)n1. The Kier molecular flexibility index (Phi) is 3.07. The van der Waals surface area contributed by atoms with E-state index in [4.69, 9.17) is 17.3 Å². The van der Waals surface area contributed by atoms with Gasteiger partial charge in [-0.3, -0.25) is 0 Å². The molecule has 0 aromatic carbocycles. The first kappa shape index (κ1) is 10.6. The van der Waals surface area contributed by atoms with Gasteiger partial charge in [-0.25, -0.2) is 9.97 Å². The molecule has 0 aliphatic carbocycles. The molecule has 0 spiro atoms. The molecule has 5 heteroatoms. The molecular formula is C10H15ClN4. The van der Waals surface area contributed by atoms with E-state index in [0.717, 1.165) is 37.7 Å². The van der Waals surface area contributed by atoms with Crippen molar-refractivity contribution in [1.82, 2.24) is 9.97 Å². The zero-order valence-electron chi connectivity index (χ0n) is 8.78. The van der Waals surface area contributed by atoms with Crippen LogP contribution in [0.3, 0.4) is 0 Å².